The summed E-state index contributed by atoms with van der Waals surface area (Å²) in [5.41, 5.74) is 7.16. The van der Waals surface area contributed by atoms with Gasteiger partial charge in [-0.25, -0.2) is 4.79 Å². The molecule has 0 radical (unpaired) electrons. The number of aryl methyl sites for hydroxylation is 1. The van der Waals surface area contributed by atoms with Crippen molar-refractivity contribution in [2.75, 3.05) is 11.9 Å². The third kappa shape index (κ3) is 2.58. The summed E-state index contributed by atoms with van der Waals surface area (Å²) in [5, 5.41) is 11.5. The van der Waals surface area contributed by atoms with E-state index >= 15 is 0 Å². The Kier molecular flexibility index (Phi) is 3.63. The molecule has 86 valence electrons. The van der Waals surface area contributed by atoms with Crippen molar-refractivity contribution in [3.8, 4) is 0 Å². The van der Waals surface area contributed by atoms with Crippen molar-refractivity contribution in [2.45, 2.75) is 13.8 Å². The molecule has 0 bridgehead atoms. The lowest BCUT2D eigenvalue weighted by atomic mass is 10.0. The minimum absolute atomic E-state index is 0.129. The Morgan fingerprint density at radius 2 is 2.00 bits per heavy atom. The molecule has 0 aromatic heterocycles. The smallest absolute Gasteiger partial charge is 0.336 e. The number of rotatable bonds is 3. The van der Waals surface area contributed by atoms with Crippen LogP contribution < -0.4 is 11.1 Å². The molecule has 0 spiro atoms. The average Bonchev–Trinajstić information content (AvgIpc) is 2.22. The molecular formula is C11H14N2O3. The van der Waals surface area contributed by atoms with E-state index in [1.54, 1.807) is 26.0 Å². The molecule has 1 amide bonds. The fraction of sp³-hybridized carbons (Fsp3) is 0.273. The second-order valence-corrected chi connectivity index (χ2v) is 3.54. The van der Waals surface area contributed by atoms with Gasteiger partial charge in [-0.2, -0.15) is 0 Å². The molecule has 0 aliphatic rings. The first-order valence-corrected chi connectivity index (χ1v) is 4.80. The number of benzene rings is 1. The van der Waals surface area contributed by atoms with Gasteiger partial charge in [0.1, 0.15) is 0 Å². The first-order chi connectivity index (χ1) is 7.45. The topological polar surface area (TPSA) is 92.4 Å². The Morgan fingerprint density at radius 1 is 1.38 bits per heavy atom. The van der Waals surface area contributed by atoms with Crippen molar-refractivity contribution < 1.29 is 14.7 Å². The van der Waals surface area contributed by atoms with Crippen LogP contribution in [0.4, 0.5) is 5.69 Å². The molecule has 0 saturated carbocycles. The van der Waals surface area contributed by atoms with Gasteiger partial charge in [0, 0.05) is 5.69 Å². The zero-order valence-corrected chi connectivity index (χ0v) is 9.20. The van der Waals surface area contributed by atoms with E-state index in [0.717, 1.165) is 5.56 Å². The molecule has 1 aromatic rings. The van der Waals surface area contributed by atoms with E-state index in [2.05, 4.69) is 5.32 Å². The number of nitrogens with two attached hydrogens (primary N) is 1. The van der Waals surface area contributed by atoms with Gasteiger partial charge in [0.05, 0.1) is 12.1 Å². The first kappa shape index (κ1) is 12.2. The Hall–Kier alpha value is -1.88. The average molecular weight is 222 g/mol. The Balaban J connectivity index is 3.19. The zero-order chi connectivity index (χ0) is 12.3. The number of amides is 1. The summed E-state index contributed by atoms with van der Waals surface area (Å²) in [6.07, 6.45) is 0. The van der Waals surface area contributed by atoms with Crippen LogP contribution in [0, 0.1) is 13.8 Å². The minimum atomic E-state index is -1.01. The predicted octanol–water partition coefficient (Wildman–Crippen LogP) is 0.899. The largest absolute Gasteiger partial charge is 0.478 e. The third-order valence-corrected chi connectivity index (χ3v) is 2.24. The van der Waals surface area contributed by atoms with E-state index in [4.69, 9.17) is 10.8 Å². The Labute approximate surface area is 93.3 Å². The number of carboxylic acid groups (broad SMARTS) is 1. The van der Waals surface area contributed by atoms with Crippen molar-refractivity contribution in [3.05, 3.63) is 28.8 Å². The highest BCUT2D eigenvalue weighted by Crippen LogP contribution is 2.21. The van der Waals surface area contributed by atoms with E-state index in [-0.39, 0.29) is 18.0 Å². The van der Waals surface area contributed by atoms with E-state index in [0.29, 0.717) is 11.3 Å². The van der Waals surface area contributed by atoms with Crippen LogP contribution in [-0.4, -0.2) is 23.5 Å². The van der Waals surface area contributed by atoms with Crippen molar-refractivity contribution in [1.82, 2.24) is 0 Å². The van der Waals surface area contributed by atoms with Gasteiger partial charge in [-0.3, -0.25) is 4.79 Å². The quantitative estimate of drug-likeness (QED) is 0.708. The molecule has 5 nitrogen and oxygen atoms in total. The highest BCUT2D eigenvalue weighted by Gasteiger charge is 2.12. The van der Waals surface area contributed by atoms with Crippen LogP contribution in [0.1, 0.15) is 21.5 Å². The summed E-state index contributed by atoms with van der Waals surface area (Å²) >= 11 is 0. The highest BCUT2D eigenvalue weighted by molar-refractivity contribution is 5.97. The molecule has 0 unspecified atom stereocenters. The van der Waals surface area contributed by atoms with Gasteiger partial charge < -0.3 is 16.2 Å². The van der Waals surface area contributed by atoms with Gasteiger partial charge in [0.15, 0.2) is 0 Å². The zero-order valence-electron chi connectivity index (χ0n) is 9.20. The van der Waals surface area contributed by atoms with Crippen molar-refractivity contribution in [1.29, 1.82) is 0 Å². The SMILES string of the molecule is Cc1cc(NC(=O)CN)c(C)c(C(=O)O)c1. The minimum Gasteiger partial charge on any atom is -0.478 e. The van der Waals surface area contributed by atoms with E-state index in [1.807, 2.05) is 0 Å². The molecular weight excluding hydrogens is 208 g/mol. The van der Waals surface area contributed by atoms with E-state index < -0.39 is 5.97 Å². The second-order valence-electron chi connectivity index (χ2n) is 3.54. The standard InChI is InChI=1S/C11H14N2O3/c1-6-3-8(11(15)16)7(2)9(4-6)13-10(14)5-12/h3-4H,5,12H2,1-2H3,(H,13,14)(H,15,16). The summed E-state index contributed by atoms with van der Waals surface area (Å²) in [6, 6.07) is 3.28. The van der Waals surface area contributed by atoms with Crippen molar-refractivity contribution >= 4 is 17.6 Å². The molecule has 0 heterocycles. The number of nitrogens with one attached hydrogen (secondary N) is 1. The monoisotopic (exact) mass is 222 g/mol. The van der Waals surface area contributed by atoms with Crippen molar-refractivity contribution in [2.24, 2.45) is 5.73 Å². The molecule has 0 atom stereocenters. The van der Waals surface area contributed by atoms with Gasteiger partial charge in [-0.1, -0.05) is 0 Å². The number of carbonyl (C=O) groups is 2. The lowest BCUT2D eigenvalue weighted by molar-refractivity contribution is -0.114. The molecule has 5 heteroatoms. The van der Waals surface area contributed by atoms with Gasteiger partial charge >= 0.3 is 5.97 Å². The van der Waals surface area contributed by atoms with Crippen LogP contribution in [0.3, 0.4) is 0 Å². The normalized spacial score (nSPS) is 9.94. The van der Waals surface area contributed by atoms with E-state index in [9.17, 15) is 9.59 Å². The maximum Gasteiger partial charge on any atom is 0.336 e. The Morgan fingerprint density at radius 3 is 2.50 bits per heavy atom. The summed E-state index contributed by atoms with van der Waals surface area (Å²) < 4.78 is 0. The molecule has 0 saturated heterocycles. The summed E-state index contributed by atoms with van der Waals surface area (Å²) in [4.78, 5) is 22.1. The second kappa shape index (κ2) is 4.76. The van der Waals surface area contributed by atoms with Gasteiger partial charge in [-0.15, -0.1) is 0 Å². The lowest BCUT2D eigenvalue weighted by Gasteiger charge is -2.11. The summed E-state index contributed by atoms with van der Waals surface area (Å²) in [6.45, 7) is 3.29. The molecule has 1 aromatic carbocycles. The Bertz CT molecular complexity index is 441. The number of aromatic carboxylic acids is 1. The third-order valence-electron chi connectivity index (χ3n) is 2.24. The first-order valence-electron chi connectivity index (χ1n) is 4.80. The molecule has 16 heavy (non-hydrogen) atoms. The van der Waals surface area contributed by atoms with Crippen LogP contribution >= 0.6 is 0 Å². The van der Waals surface area contributed by atoms with Crippen LogP contribution in [0.15, 0.2) is 12.1 Å². The molecule has 4 N–H and O–H groups in total. The van der Waals surface area contributed by atoms with Crippen LogP contribution in [-0.2, 0) is 4.79 Å². The van der Waals surface area contributed by atoms with Crippen LogP contribution in [0.5, 0.6) is 0 Å². The summed E-state index contributed by atoms with van der Waals surface area (Å²) in [7, 11) is 0. The molecule has 0 aliphatic carbocycles. The number of anilines is 1. The maximum atomic E-state index is 11.1. The molecule has 0 fully saturated rings. The molecule has 1 rings (SSSR count). The van der Waals surface area contributed by atoms with Crippen molar-refractivity contribution in [3.63, 3.8) is 0 Å². The van der Waals surface area contributed by atoms with Gasteiger partial charge in [0.25, 0.3) is 0 Å². The lowest BCUT2D eigenvalue weighted by Crippen LogP contribution is -2.22. The van der Waals surface area contributed by atoms with Gasteiger partial charge in [-0.05, 0) is 37.1 Å². The van der Waals surface area contributed by atoms with E-state index in [1.165, 1.54) is 0 Å². The maximum absolute atomic E-state index is 11.1. The highest BCUT2D eigenvalue weighted by atomic mass is 16.4. The number of carboxylic acids is 1. The number of hydrogen-bond acceptors (Lipinski definition) is 3. The summed E-state index contributed by atoms with van der Waals surface area (Å²) in [5.74, 6) is -1.35. The van der Waals surface area contributed by atoms with Crippen LogP contribution in [0.25, 0.3) is 0 Å². The number of carbonyl (C=O) groups excluding carboxylic acids is 1. The fourth-order valence-electron chi connectivity index (χ4n) is 1.41. The fourth-order valence-corrected chi connectivity index (χ4v) is 1.41. The number of hydrogen-bond donors (Lipinski definition) is 3. The van der Waals surface area contributed by atoms with Crippen LogP contribution in [0.2, 0.25) is 0 Å². The predicted molar refractivity (Wildman–Crippen MR) is 60.6 cm³/mol. The van der Waals surface area contributed by atoms with Gasteiger partial charge in [0.2, 0.25) is 5.91 Å². The molecule has 0 aliphatic heterocycles.